The molecule has 0 unspecified atom stereocenters. The molecule has 1 aromatic carbocycles. The van der Waals surface area contributed by atoms with Gasteiger partial charge in [-0.2, -0.15) is 26.3 Å². The third-order valence-corrected chi connectivity index (χ3v) is 6.44. The molecule has 4 rings (SSSR count). The van der Waals surface area contributed by atoms with Crippen LogP contribution in [0.3, 0.4) is 0 Å². The summed E-state index contributed by atoms with van der Waals surface area (Å²) in [6.07, 6.45) is -2.13. The number of carboxylic acids is 1. The molecule has 0 spiro atoms. The van der Waals surface area contributed by atoms with Crippen molar-refractivity contribution < 1.29 is 50.6 Å². The van der Waals surface area contributed by atoms with E-state index < -0.39 is 41.0 Å². The molecular formula is C26H22ClF6N5O5S. The van der Waals surface area contributed by atoms with Gasteiger partial charge in [-0.05, 0) is 79.7 Å². The largest absolute Gasteiger partial charge is 0.490 e. The van der Waals surface area contributed by atoms with Gasteiger partial charge in [0.15, 0.2) is 0 Å². The first-order valence-electron chi connectivity index (χ1n) is 11.9. The average molecular weight is 666 g/mol. The standard InChI is InChI=1S/C24H20F3N5O3S.C2HF3O2.ClH/c1-23(2)21(34)32(16-6-8-17(9-7-16)36-24(25,26)27)22(35)31(23)14-15-10-12-29-19(13-15)30-20(33)18-5-3-4-11-28-18;3-2(4,5)1(6)7;/h3-13H,14H2,1-2H3,(H,29,30,33);(H,6,7);1H. The molecule has 2 N–H and O–H groups in total. The number of carbonyl (C=O) groups excluding carboxylic acids is 3. The molecule has 236 valence electrons. The van der Waals surface area contributed by atoms with Crippen molar-refractivity contribution in [1.82, 2.24) is 14.9 Å². The number of carboxylic acid groups (broad SMARTS) is 1. The van der Waals surface area contributed by atoms with Crippen molar-refractivity contribution in [3.8, 4) is 0 Å². The monoisotopic (exact) mass is 665 g/mol. The summed E-state index contributed by atoms with van der Waals surface area (Å²) in [7, 11) is 0. The van der Waals surface area contributed by atoms with Crippen LogP contribution in [-0.2, 0) is 16.1 Å². The number of amides is 4. The number of nitrogens with zero attached hydrogens (tertiary/aromatic N) is 4. The quantitative estimate of drug-likeness (QED) is 0.182. The van der Waals surface area contributed by atoms with Gasteiger partial charge in [0.2, 0.25) is 0 Å². The Balaban J connectivity index is 0.000000756. The van der Waals surface area contributed by atoms with E-state index in [9.17, 15) is 40.7 Å². The van der Waals surface area contributed by atoms with Crippen molar-refractivity contribution in [1.29, 1.82) is 0 Å². The molecule has 1 fully saturated rings. The highest BCUT2D eigenvalue weighted by molar-refractivity contribution is 8.00. The fraction of sp³-hybridized carbons (Fsp3) is 0.231. The van der Waals surface area contributed by atoms with Gasteiger partial charge >= 0.3 is 23.7 Å². The summed E-state index contributed by atoms with van der Waals surface area (Å²) in [6, 6.07) is 12.6. The van der Waals surface area contributed by atoms with Crippen LogP contribution in [0, 0.1) is 0 Å². The minimum absolute atomic E-state index is 0. The zero-order valence-corrected chi connectivity index (χ0v) is 24.1. The summed E-state index contributed by atoms with van der Waals surface area (Å²) in [5, 5.41) is 9.77. The fourth-order valence-electron chi connectivity index (χ4n) is 3.63. The van der Waals surface area contributed by atoms with Crippen molar-refractivity contribution in [2.75, 3.05) is 10.2 Å². The van der Waals surface area contributed by atoms with Gasteiger partial charge in [-0.3, -0.25) is 14.6 Å². The first kappa shape index (κ1) is 35.8. The summed E-state index contributed by atoms with van der Waals surface area (Å²) >= 11 is -0.279. The molecule has 0 bridgehead atoms. The molecule has 3 heterocycles. The number of alkyl halides is 6. The van der Waals surface area contributed by atoms with E-state index in [1.165, 1.54) is 41.6 Å². The van der Waals surface area contributed by atoms with Crippen LogP contribution in [0.2, 0.25) is 0 Å². The van der Waals surface area contributed by atoms with E-state index in [1.807, 2.05) is 0 Å². The highest BCUT2D eigenvalue weighted by atomic mass is 35.5. The zero-order valence-electron chi connectivity index (χ0n) is 22.5. The van der Waals surface area contributed by atoms with E-state index in [2.05, 4.69) is 15.3 Å². The number of benzene rings is 1. The number of aliphatic carboxylic acids is 1. The summed E-state index contributed by atoms with van der Waals surface area (Å²) in [5.74, 6) is -3.48. The molecule has 10 nitrogen and oxygen atoms in total. The van der Waals surface area contributed by atoms with Gasteiger partial charge in [0.25, 0.3) is 11.8 Å². The highest BCUT2D eigenvalue weighted by Crippen LogP contribution is 2.39. The van der Waals surface area contributed by atoms with Crippen molar-refractivity contribution in [3.05, 3.63) is 78.2 Å². The predicted octanol–water partition coefficient (Wildman–Crippen LogP) is 6.14. The lowest BCUT2D eigenvalue weighted by Gasteiger charge is -2.27. The van der Waals surface area contributed by atoms with E-state index in [4.69, 9.17) is 9.90 Å². The molecule has 1 aliphatic rings. The molecule has 18 heteroatoms. The van der Waals surface area contributed by atoms with Crippen molar-refractivity contribution in [2.45, 2.75) is 42.5 Å². The maximum Gasteiger partial charge on any atom is 0.490 e. The van der Waals surface area contributed by atoms with E-state index in [-0.39, 0.29) is 52.8 Å². The molecule has 1 saturated heterocycles. The number of rotatable bonds is 6. The van der Waals surface area contributed by atoms with Crippen molar-refractivity contribution in [2.24, 2.45) is 0 Å². The van der Waals surface area contributed by atoms with Gasteiger partial charge in [-0.25, -0.2) is 19.5 Å². The lowest BCUT2D eigenvalue weighted by atomic mass is 10.0. The molecule has 44 heavy (non-hydrogen) atoms. The summed E-state index contributed by atoms with van der Waals surface area (Å²) < 4.78 is 69.6. The van der Waals surface area contributed by atoms with Gasteiger partial charge in [0, 0.05) is 23.8 Å². The second-order valence-corrected chi connectivity index (χ2v) is 10.3. The summed E-state index contributed by atoms with van der Waals surface area (Å²) in [5.41, 5.74) is -4.68. The van der Waals surface area contributed by atoms with E-state index in [0.717, 1.165) is 4.90 Å². The van der Waals surface area contributed by atoms with Crippen LogP contribution in [0.25, 0.3) is 0 Å². The number of hydrogen-bond acceptors (Lipinski definition) is 7. The smallest absolute Gasteiger partial charge is 0.475 e. The normalized spacial score (nSPS) is 14.4. The van der Waals surface area contributed by atoms with E-state index in [1.54, 1.807) is 44.2 Å². The van der Waals surface area contributed by atoms with Gasteiger partial charge < -0.3 is 15.3 Å². The predicted molar refractivity (Wildman–Crippen MR) is 148 cm³/mol. The molecule has 1 aliphatic heterocycles. The van der Waals surface area contributed by atoms with Gasteiger partial charge in [0.1, 0.15) is 17.1 Å². The molecule has 4 amide bonds. The second kappa shape index (κ2) is 13.9. The van der Waals surface area contributed by atoms with Crippen LogP contribution in [0.1, 0.15) is 29.9 Å². The second-order valence-electron chi connectivity index (χ2n) is 9.13. The molecular weight excluding hydrogens is 644 g/mol. The van der Waals surface area contributed by atoms with Crippen LogP contribution < -0.4 is 10.2 Å². The van der Waals surface area contributed by atoms with Crippen LogP contribution in [-0.4, -0.2) is 61.0 Å². The number of imide groups is 1. The highest BCUT2D eigenvalue weighted by Gasteiger charge is 2.51. The number of carbonyl (C=O) groups is 4. The Kier molecular flexibility index (Phi) is 11.3. The zero-order chi connectivity index (χ0) is 32.2. The molecule has 0 radical (unpaired) electrons. The maximum atomic E-state index is 13.2. The Labute approximate surface area is 255 Å². The molecule has 0 saturated carbocycles. The van der Waals surface area contributed by atoms with Crippen molar-refractivity contribution >= 4 is 59.5 Å². The minimum Gasteiger partial charge on any atom is -0.475 e. The molecule has 0 atom stereocenters. The first-order valence-corrected chi connectivity index (χ1v) is 12.7. The number of anilines is 2. The number of urea groups is 1. The fourth-order valence-corrected chi connectivity index (χ4v) is 4.17. The number of pyridine rings is 2. The Bertz CT molecular complexity index is 1510. The summed E-state index contributed by atoms with van der Waals surface area (Å²) in [6.45, 7) is 3.21. The molecule has 0 aliphatic carbocycles. The first-order chi connectivity index (χ1) is 19.9. The number of hydrogen-bond donors (Lipinski definition) is 2. The van der Waals surface area contributed by atoms with Crippen LogP contribution >= 0.6 is 24.2 Å². The topological polar surface area (TPSA) is 133 Å². The van der Waals surface area contributed by atoms with E-state index in [0.29, 0.717) is 5.56 Å². The SMILES string of the molecule is CC1(C)C(=O)N(c2ccc(SC(F)(F)F)cc2)C(=O)N1Cc1ccnc(NC(=O)c2ccccn2)c1.Cl.O=C(O)C(F)(F)F. The Morgan fingerprint density at radius 2 is 1.57 bits per heavy atom. The van der Waals surface area contributed by atoms with Gasteiger partial charge in [-0.15, -0.1) is 12.4 Å². The van der Waals surface area contributed by atoms with Gasteiger partial charge in [-0.1, -0.05) is 6.07 Å². The maximum absolute atomic E-state index is 13.2. The van der Waals surface area contributed by atoms with E-state index >= 15 is 0 Å². The number of aromatic nitrogens is 2. The third kappa shape index (κ3) is 9.06. The Hall–Kier alpha value is -4.38. The molecule has 3 aromatic rings. The number of halogens is 7. The van der Waals surface area contributed by atoms with Crippen LogP contribution in [0.4, 0.5) is 42.6 Å². The number of thioether (sulfide) groups is 1. The lowest BCUT2D eigenvalue weighted by Crippen LogP contribution is -2.43. The Morgan fingerprint density at radius 1 is 0.955 bits per heavy atom. The van der Waals surface area contributed by atoms with Crippen molar-refractivity contribution in [3.63, 3.8) is 0 Å². The van der Waals surface area contributed by atoms with Gasteiger partial charge in [0.05, 0.1) is 5.69 Å². The lowest BCUT2D eigenvalue weighted by molar-refractivity contribution is -0.192. The Morgan fingerprint density at radius 3 is 2.09 bits per heavy atom. The van der Waals surface area contributed by atoms with Crippen LogP contribution in [0.5, 0.6) is 0 Å². The minimum atomic E-state index is -5.08. The summed E-state index contributed by atoms with van der Waals surface area (Å²) in [4.78, 5) is 58.0. The third-order valence-electron chi connectivity index (χ3n) is 5.70. The average Bonchev–Trinajstić information content (AvgIpc) is 3.08. The molecule has 2 aromatic heterocycles. The van der Waals surface area contributed by atoms with Crippen LogP contribution in [0.15, 0.2) is 71.9 Å². The number of nitrogens with one attached hydrogen (secondary N) is 1.